The molecule has 2 aromatic rings. The molecule has 2 aromatic carbocycles. The molecule has 0 heterocycles. The standard InChI is InChI=1S/C14H11BrFN3OS/c15-8-4-5-11(13(17)21)12(6-8)19-14(20)18-10-3-1-2-9(16)7-10/h1-7H,(H2,17,21)(H2,18,19,20). The van der Waals surface area contributed by atoms with Crippen LogP contribution in [0.15, 0.2) is 46.9 Å². The average Bonchev–Trinajstić information content (AvgIpc) is 2.38. The summed E-state index contributed by atoms with van der Waals surface area (Å²) in [5.41, 5.74) is 6.96. The molecule has 0 fully saturated rings. The zero-order valence-electron chi connectivity index (χ0n) is 10.7. The first kappa shape index (κ1) is 15.4. The monoisotopic (exact) mass is 367 g/mol. The molecule has 0 aliphatic rings. The van der Waals surface area contributed by atoms with Gasteiger partial charge in [0.1, 0.15) is 10.8 Å². The maximum absolute atomic E-state index is 13.1. The van der Waals surface area contributed by atoms with Crippen LogP contribution in [0.5, 0.6) is 0 Å². The summed E-state index contributed by atoms with van der Waals surface area (Å²) in [6.07, 6.45) is 0. The highest BCUT2D eigenvalue weighted by Crippen LogP contribution is 2.22. The van der Waals surface area contributed by atoms with Crippen LogP contribution in [0.4, 0.5) is 20.6 Å². The molecule has 0 aliphatic heterocycles. The van der Waals surface area contributed by atoms with E-state index in [2.05, 4.69) is 26.6 Å². The van der Waals surface area contributed by atoms with Gasteiger partial charge in [0.15, 0.2) is 0 Å². The molecular weight excluding hydrogens is 357 g/mol. The highest BCUT2D eigenvalue weighted by atomic mass is 79.9. The Labute approximate surface area is 134 Å². The summed E-state index contributed by atoms with van der Waals surface area (Å²) in [7, 11) is 0. The number of carbonyl (C=O) groups excluding carboxylic acids is 1. The smallest absolute Gasteiger partial charge is 0.323 e. The number of carbonyl (C=O) groups is 1. The van der Waals surface area contributed by atoms with Crippen molar-refractivity contribution < 1.29 is 9.18 Å². The van der Waals surface area contributed by atoms with Crippen LogP contribution in [-0.4, -0.2) is 11.0 Å². The second-order valence-corrected chi connectivity index (χ2v) is 5.50. The van der Waals surface area contributed by atoms with Gasteiger partial charge >= 0.3 is 6.03 Å². The third kappa shape index (κ3) is 4.24. The van der Waals surface area contributed by atoms with Gasteiger partial charge in [0, 0.05) is 15.7 Å². The highest BCUT2D eigenvalue weighted by molar-refractivity contribution is 9.10. The molecule has 0 saturated heterocycles. The van der Waals surface area contributed by atoms with Crippen molar-refractivity contribution in [3.8, 4) is 0 Å². The van der Waals surface area contributed by atoms with Gasteiger partial charge in [-0.3, -0.25) is 0 Å². The van der Waals surface area contributed by atoms with Gasteiger partial charge in [-0.25, -0.2) is 9.18 Å². The van der Waals surface area contributed by atoms with Crippen LogP contribution in [0, 0.1) is 5.82 Å². The first-order valence-corrected chi connectivity index (χ1v) is 7.09. The number of nitrogens with one attached hydrogen (secondary N) is 2. The van der Waals surface area contributed by atoms with Crippen LogP contribution >= 0.6 is 28.1 Å². The summed E-state index contributed by atoms with van der Waals surface area (Å²) in [6.45, 7) is 0. The van der Waals surface area contributed by atoms with Gasteiger partial charge in [0.2, 0.25) is 0 Å². The van der Waals surface area contributed by atoms with E-state index in [1.54, 1.807) is 24.3 Å². The largest absolute Gasteiger partial charge is 0.389 e. The molecule has 108 valence electrons. The molecule has 0 spiro atoms. The lowest BCUT2D eigenvalue weighted by Crippen LogP contribution is -2.22. The van der Waals surface area contributed by atoms with Crippen LogP contribution in [0.2, 0.25) is 0 Å². The third-order valence-electron chi connectivity index (χ3n) is 2.58. The maximum Gasteiger partial charge on any atom is 0.323 e. The van der Waals surface area contributed by atoms with E-state index < -0.39 is 11.8 Å². The number of rotatable bonds is 3. The minimum atomic E-state index is -0.517. The number of halogens is 2. The second-order valence-electron chi connectivity index (χ2n) is 4.14. The Hall–Kier alpha value is -1.99. The summed E-state index contributed by atoms with van der Waals surface area (Å²) in [6, 6.07) is 10.2. The molecule has 0 atom stereocenters. The van der Waals surface area contributed by atoms with E-state index in [1.807, 2.05) is 0 Å². The van der Waals surface area contributed by atoms with Gasteiger partial charge in [-0.1, -0.05) is 34.2 Å². The van der Waals surface area contributed by atoms with Crippen molar-refractivity contribution in [1.29, 1.82) is 0 Å². The summed E-state index contributed by atoms with van der Waals surface area (Å²) in [5.74, 6) is -0.431. The fourth-order valence-electron chi connectivity index (χ4n) is 1.69. The summed E-state index contributed by atoms with van der Waals surface area (Å²) < 4.78 is 13.8. The van der Waals surface area contributed by atoms with E-state index in [4.69, 9.17) is 18.0 Å². The Bertz CT molecular complexity index is 708. The number of hydrogen-bond donors (Lipinski definition) is 3. The minimum absolute atomic E-state index is 0.170. The number of amides is 2. The van der Waals surface area contributed by atoms with E-state index in [9.17, 15) is 9.18 Å². The molecule has 0 radical (unpaired) electrons. The molecule has 2 rings (SSSR count). The van der Waals surface area contributed by atoms with Gasteiger partial charge in [-0.05, 0) is 36.4 Å². The van der Waals surface area contributed by atoms with E-state index in [0.29, 0.717) is 16.9 Å². The molecular formula is C14H11BrFN3OS. The van der Waals surface area contributed by atoms with Gasteiger partial charge in [-0.15, -0.1) is 0 Å². The van der Waals surface area contributed by atoms with E-state index in [-0.39, 0.29) is 4.99 Å². The summed E-state index contributed by atoms with van der Waals surface area (Å²) in [4.78, 5) is 12.1. The molecule has 0 aliphatic carbocycles. The molecule has 4 N–H and O–H groups in total. The van der Waals surface area contributed by atoms with Crippen molar-refractivity contribution in [2.45, 2.75) is 0 Å². The summed E-state index contributed by atoms with van der Waals surface area (Å²) in [5, 5.41) is 5.16. The zero-order valence-corrected chi connectivity index (χ0v) is 13.1. The first-order chi connectivity index (χ1) is 9.95. The topological polar surface area (TPSA) is 67.1 Å². The minimum Gasteiger partial charge on any atom is -0.389 e. The molecule has 0 bridgehead atoms. The summed E-state index contributed by atoms with van der Waals surface area (Å²) >= 11 is 8.24. The van der Waals surface area contributed by atoms with Gasteiger partial charge in [0.05, 0.1) is 5.69 Å². The lowest BCUT2D eigenvalue weighted by atomic mass is 10.2. The highest BCUT2D eigenvalue weighted by Gasteiger charge is 2.10. The SMILES string of the molecule is NC(=S)c1ccc(Br)cc1NC(=O)Nc1cccc(F)c1. The van der Waals surface area contributed by atoms with Crippen LogP contribution < -0.4 is 16.4 Å². The maximum atomic E-state index is 13.1. The number of urea groups is 1. The Kier molecular flexibility index (Phi) is 4.87. The van der Waals surface area contributed by atoms with Crippen LogP contribution in [-0.2, 0) is 0 Å². The normalized spacial score (nSPS) is 10.0. The molecule has 4 nitrogen and oxygen atoms in total. The lowest BCUT2D eigenvalue weighted by Gasteiger charge is -2.12. The quantitative estimate of drug-likeness (QED) is 0.721. The number of hydrogen-bond acceptors (Lipinski definition) is 2. The van der Waals surface area contributed by atoms with Crippen molar-refractivity contribution >= 4 is 50.5 Å². The predicted molar refractivity (Wildman–Crippen MR) is 89.1 cm³/mol. The molecule has 7 heteroatoms. The van der Waals surface area contributed by atoms with Crippen molar-refractivity contribution in [2.24, 2.45) is 5.73 Å². The van der Waals surface area contributed by atoms with Crippen molar-refractivity contribution in [3.05, 3.63) is 58.3 Å². The zero-order chi connectivity index (χ0) is 15.4. The van der Waals surface area contributed by atoms with Crippen molar-refractivity contribution in [1.82, 2.24) is 0 Å². The molecule has 2 amide bonds. The average molecular weight is 368 g/mol. The van der Waals surface area contributed by atoms with Crippen molar-refractivity contribution in [2.75, 3.05) is 10.6 Å². The molecule has 21 heavy (non-hydrogen) atoms. The lowest BCUT2D eigenvalue weighted by molar-refractivity contribution is 0.262. The molecule has 0 aromatic heterocycles. The van der Waals surface area contributed by atoms with Gasteiger partial charge < -0.3 is 16.4 Å². The Morgan fingerprint density at radius 3 is 2.62 bits per heavy atom. The number of anilines is 2. The van der Waals surface area contributed by atoms with Gasteiger partial charge in [-0.2, -0.15) is 0 Å². The molecule has 0 saturated carbocycles. The molecule has 0 unspecified atom stereocenters. The Morgan fingerprint density at radius 1 is 1.19 bits per heavy atom. The van der Waals surface area contributed by atoms with Gasteiger partial charge in [0.25, 0.3) is 0 Å². The first-order valence-electron chi connectivity index (χ1n) is 5.88. The second kappa shape index (κ2) is 6.64. The number of thiocarbonyl (C=S) groups is 1. The third-order valence-corrected chi connectivity index (χ3v) is 3.29. The Balaban J connectivity index is 2.16. The predicted octanol–water partition coefficient (Wildman–Crippen LogP) is 3.87. The van der Waals surface area contributed by atoms with E-state index in [1.165, 1.54) is 18.2 Å². The Morgan fingerprint density at radius 2 is 1.95 bits per heavy atom. The van der Waals surface area contributed by atoms with E-state index in [0.717, 1.165) is 4.47 Å². The van der Waals surface area contributed by atoms with E-state index >= 15 is 0 Å². The fraction of sp³-hybridized carbons (Fsp3) is 0. The number of nitrogens with two attached hydrogens (primary N) is 1. The number of benzene rings is 2. The van der Waals surface area contributed by atoms with Crippen LogP contribution in [0.1, 0.15) is 5.56 Å². The van der Waals surface area contributed by atoms with Crippen LogP contribution in [0.3, 0.4) is 0 Å². The van der Waals surface area contributed by atoms with Crippen molar-refractivity contribution in [3.63, 3.8) is 0 Å². The fourth-order valence-corrected chi connectivity index (χ4v) is 2.22. The van der Waals surface area contributed by atoms with Crippen LogP contribution in [0.25, 0.3) is 0 Å².